The number of nitrogens with zero attached hydrogens (tertiary/aromatic N) is 1. The van der Waals surface area contributed by atoms with Crippen LogP contribution in [0, 0.1) is 11.3 Å². The topological polar surface area (TPSA) is 24.5 Å². The summed E-state index contributed by atoms with van der Waals surface area (Å²) in [6.07, 6.45) is 9.77. The lowest BCUT2D eigenvalue weighted by atomic mass is 9.83. The van der Waals surface area contributed by atoms with Gasteiger partial charge in [0.25, 0.3) is 0 Å². The van der Waals surface area contributed by atoms with Crippen LogP contribution in [-0.4, -0.2) is 50.3 Å². The number of ether oxygens (including phenoxy) is 1. The Hall–Kier alpha value is -0.120. The predicted molar refractivity (Wildman–Crippen MR) is 83.0 cm³/mol. The minimum atomic E-state index is 0.389. The number of likely N-dealkylation sites (tertiary alicyclic amines) is 1. The Bertz CT molecular complexity index is 301. The van der Waals surface area contributed by atoms with Crippen LogP contribution in [-0.2, 0) is 4.74 Å². The zero-order valence-corrected chi connectivity index (χ0v) is 13.2. The first kappa shape index (κ1) is 14.8. The minimum Gasteiger partial charge on any atom is -0.381 e. The highest BCUT2D eigenvalue weighted by Gasteiger charge is 2.41. The van der Waals surface area contributed by atoms with E-state index in [1.165, 1.54) is 58.0 Å². The molecule has 1 N–H and O–H groups in total. The third-order valence-electron chi connectivity index (χ3n) is 5.76. The molecule has 0 aromatic heterocycles. The van der Waals surface area contributed by atoms with Crippen molar-refractivity contribution in [2.75, 3.05) is 39.4 Å². The van der Waals surface area contributed by atoms with Gasteiger partial charge in [0, 0.05) is 31.2 Å². The number of hydrogen-bond acceptors (Lipinski definition) is 3. The number of fused-ring (bicyclic) bond motifs is 1. The van der Waals surface area contributed by atoms with E-state index in [1.807, 2.05) is 0 Å². The molecule has 3 atom stereocenters. The van der Waals surface area contributed by atoms with Crippen LogP contribution < -0.4 is 5.32 Å². The lowest BCUT2D eigenvalue weighted by molar-refractivity contribution is 0.0493. The number of hydrogen-bond donors (Lipinski definition) is 1. The SMILES string of the molecule is CCCNCC1(CN2CCCC3CCCC32)CCOC1. The predicted octanol–water partition coefficient (Wildman–Crippen LogP) is 2.66. The van der Waals surface area contributed by atoms with E-state index < -0.39 is 0 Å². The molecule has 116 valence electrons. The monoisotopic (exact) mass is 280 g/mol. The summed E-state index contributed by atoms with van der Waals surface area (Å²) >= 11 is 0. The number of nitrogens with one attached hydrogen (secondary N) is 1. The summed E-state index contributed by atoms with van der Waals surface area (Å²) in [5.41, 5.74) is 0.389. The first-order valence-electron chi connectivity index (χ1n) is 8.85. The van der Waals surface area contributed by atoms with Gasteiger partial charge >= 0.3 is 0 Å². The Kier molecular flexibility index (Phi) is 5.00. The third kappa shape index (κ3) is 3.20. The van der Waals surface area contributed by atoms with Gasteiger partial charge in [-0.15, -0.1) is 0 Å². The molecule has 2 heterocycles. The molecule has 0 radical (unpaired) electrons. The summed E-state index contributed by atoms with van der Waals surface area (Å²) in [5, 5.41) is 3.66. The van der Waals surface area contributed by atoms with Crippen molar-refractivity contribution in [1.29, 1.82) is 0 Å². The summed E-state index contributed by atoms with van der Waals surface area (Å²) in [6.45, 7) is 9.08. The van der Waals surface area contributed by atoms with Gasteiger partial charge in [0.1, 0.15) is 0 Å². The molecule has 0 aromatic rings. The van der Waals surface area contributed by atoms with Crippen molar-refractivity contribution in [2.24, 2.45) is 11.3 Å². The molecule has 0 bridgehead atoms. The van der Waals surface area contributed by atoms with Crippen molar-refractivity contribution in [3.8, 4) is 0 Å². The minimum absolute atomic E-state index is 0.389. The molecular weight excluding hydrogens is 248 g/mol. The van der Waals surface area contributed by atoms with Gasteiger partial charge in [0.15, 0.2) is 0 Å². The molecule has 3 fully saturated rings. The van der Waals surface area contributed by atoms with Crippen LogP contribution in [0.4, 0.5) is 0 Å². The lowest BCUT2D eigenvalue weighted by Gasteiger charge is -2.43. The Labute approximate surface area is 124 Å². The highest BCUT2D eigenvalue weighted by Crippen LogP contribution is 2.39. The van der Waals surface area contributed by atoms with Crippen molar-refractivity contribution in [3.05, 3.63) is 0 Å². The third-order valence-corrected chi connectivity index (χ3v) is 5.76. The van der Waals surface area contributed by atoms with E-state index in [0.29, 0.717) is 5.41 Å². The maximum Gasteiger partial charge on any atom is 0.0547 e. The molecular formula is C17H32N2O. The van der Waals surface area contributed by atoms with Crippen LogP contribution in [0.2, 0.25) is 0 Å². The van der Waals surface area contributed by atoms with E-state index in [9.17, 15) is 0 Å². The zero-order valence-electron chi connectivity index (χ0n) is 13.2. The molecule has 0 spiro atoms. The summed E-state index contributed by atoms with van der Waals surface area (Å²) in [7, 11) is 0. The fraction of sp³-hybridized carbons (Fsp3) is 1.00. The van der Waals surface area contributed by atoms with Crippen molar-refractivity contribution in [3.63, 3.8) is 0 Å². The molecule has 0 aromatic carbocycles. The molecule has 0 amide bonds. The van der Waals surface area contributed by atoms with Crippen LogP contribution in [0.15, 0.2) is 0 Å². The molecule has 3 heteroatoms. The number of rotatable bonds is 6. The summed E-state index contributed by atoms with van der Waals surface area (Å²) in [4.78, 5) is 2.84. The van der Waals surface area contributed by atoms with E-state index >= 15 is 0 Å². The average Bonchev–Trinajstić information content (AvgIpc) is 3.09. The summed E-state index contributed by atoms with van der Waals surface area (Å²) < 4.78 is 5.78. The first-order valence-corrected chi connectivity index (χ1v) is 8.85. The van der Waals surface area contributed by atoms with E-state index in [1.54, 1.807) is 0 Å². The van der Waals surface area contributed by atoms with Gasteiger partial charge in [-0.25, -0.2) is 0 Å². The van der Waals surface area contributed by atoms with E-state index in [-0.39, 0.29) is 0 Å². The number of piperidine rings is 1. The largest absolute Gasteiger partial charge is 0.381 e. The van der Waals surface area contributed by atoms with Gasteiger partial charge in [-0.05, 0) is 57.5 Å². The van der Waals surface area contributed by atoms with Gasteiger partial charge in [-0.1, -0.05) is 13.3 Å². The molecule has 2 saturated heterocycles. The lowest BCUT2D eigenvalue weighted by Crippen LogP contribution is -2.51. The second-order valence-corrected chi connectivity index (χ2v) is 7.35. The van der Waals surface area contributed by atoms with E-state index in [4.69, 9.17) is 4.74 Å². The van der Waals surface area contributed by atoms with Gasteiger partial charge in [-0.2, -0.15) is 0 Å². The van der Waals surface area contributed by atoms with Crippen LogP contribution in [0.5, 0.6) is 0 Å². The Morgan fingerprint density at radius 1 is 1.25 bits per heavy atom. The second-order valence-electron chi connectivity index (χ2n) is 7.35. The fourth-order valence-electron chi connectivity index (χ4n) is 4.68. The van der Waals surface area contributed by atoms with Gasteiger partial charge < -0.3 is 10.1 Å². The summed E-state index contributed by atoms with van der Waals surface area (Å²) in [5.74, 6) is 1.01. The maximum absolute atomic E-state index is 5.78. The Balaban J connectivity index is 1.60. The molecule has 3 aliphatic rings. The highest BCUT2D eigenvalue weighted by molar-refractivity contribution is 4.95. The van der Waals surface area contributed by atoms with Crippen LogP contribution in [0.3, 0.4) is 0 Å². The highest BCUT2D eigenvalue weighted by atomic mass is 16.5. The van der Waals surface area contributed by atoms with Crippen LogP contribution in [0.1, 0.15) is 51.9 Å². The van der Waals surface area contributed by atoms with Crippen molar-refractivity contribution in [1.82, 2.24) is 10.2 Å². The molecule has 1 aliphatic carbocycles. The maximum atomic E-state index is 5.78. The van der Waals surface area contributed by atoms with Gasteiger partial charge in [-0.3, -0.25) is 4.90 Å². The second kappa shape index (κ2) is 6.76. The quantitative estimate of drug-likeness (QED) is 0.757. The molecule has 3 unspecified atom stereocenters. The molecule has 3 rings (SSSR count). The first-order chi connectivity index (χ1) is 9.83. The average molecular weight is 280 g/mol. The van der Waals surface area contributed by atoms with Gasteiger partial charge in [0.05, 0.1) is 6.61 Å². The molecule has 1 saturated carbocycles. The normalized spacial score (nSPS) is 38.2. The standard InChI is InChI=1S/C17H32N2O/c1-2-9-18-12-17(8-11-20-14-17)13-19-10-4-6-15-5-3-7-16(15)19/h15-16,18H,2-14H2,1H3. The van der Waals surface area contributed by atoms with Crippen LogP contribution in [0.25, 0.3) is 0 Å². The van der Waals surface area contributed by atoms with E-state index in [2.05, 4.69) is 17.1 Å². The van der Waals surface area contributed by atoms with Gasteiger partial charge in [0.2, 0.25) is 0 Å². The summed E-state index contributed by atoms with van der Waals surface area (Å²) in [6, 6.07) is 0.896. The Morgan fingerprint density at radius 3 is 2.95 bits per heavy atom. The van der Waals surface area contributed by atoms with Crippen molar-refractivity contribution < 1.29 is 4.74 Å². The zero-order chi connectivity index (χ0) is 13.8. The fourth-order valence-corrected chi connectivity index (χ4v) is 4.68. The molecule has 2 aliphatic heterocycles. The molecule has 3 nitrogen and oxygen atoms in total. The van der Waals surface area contributed by atoms with Crippen molar-refractivity contribution >= 4 is 0 Å². The van der Waals surface area contributed by atoms with Crippen molar-refractivity contribution in [2.45, 2.75) is 57.9 Å². The van der Waals surface area contributed by atoms with Crippen LogP contribution >= 0.6 is 0 Å². The Morgan fingerprint density at radius 2 is 2.15 bits per heavy atom. The van der Waals surface area contributed by atoms with E-state index in [0.717, 1.165) is 38.3 Å². The molecule has 20 heavy (non-hydrogen) atoms. The smallest absolute Gasteiger partial charge is 0.0547 e.